The zero-order chi connectivity index (χ0) is 18.2. The lowest BCUT2D eigenvalue weighted by atomic mass is 9.57. The van der Waals surface area contributed by atoms with Crippen molar-refractivity contribution >= 4 is 23.2 Å². The molecule has 0 unspecified atom stereocenters. The molecule has 0 bridgehead atoms. The summed E-state index contributed by atoms with van der Waals surface area (Å²) in [5, 5.41) is 30.3. The number of nitrogens with two attached hydrogens (primary N) is 1. The van der Waals surface area contributed by atoms with Gasteiger partial charge in [-0.25, -0.2) is 0 Å². The maximum absolute atomic E-state index is 9.91. The van der Waals surface area contributed by atoms with Gasteiger partial charge in [0, 0.05) is 16.0 Å². The molecule has 0 saturated carbocycles. The van der Waals surface area contributed by atoms with Crippen LogP contribution in [0.2, 0.25) is 10.0 Å². The minimum absolute atomic E-state index is 0.0143. The molecule has 6 heteroatoms. The smallest absolute Gasteiger partial charge is 0.191 e. The molecule has 0 heterocycles. The molecule has 1 aromatic rings. The van der Waals surface area contributed by atoms with Gasteiger partial charge >= 0.3 is 0 Å². The van der Waals surface area contributed by atoms with Gasteiger partial charge in [0.2, 0.25) is 0 Å². The maximum atomic E-state index is 9.91. The Morgan fingerprint density at radius 1 is 1.16 bits per heavy atom. The van der Waals surface area contributed by atoms with Gasteiger partial charge in [0.25, 0.3) is 0 Å². The van der Waals surface area contributed by atoms with E-state index in [0.29, 0.717) is 15.6 Å². The minimum atomic E-state index is -1.64. The predicted octanol–water partition coefficient (Wildman–Crippen LogP) is 4.59. The highest BCUT2D eigenvalue weighted by atomic mass is 35.5. The maximum Gasteiger partial charge on any atom is 0.191 e. The van der Waals surface area contributed by atoms with E-state index < -0.39 is 11.3 Å². The number of rotatable bonds is 1. The molecule has 0 fully saturated rings. The normalized spacial score (nSPS) is 24.4. The quantitative estimate of drug-likeness (QED) is 0.783. The highest BCUT2D eigenvalue weighted by Gasteiger charge is 2.54. The highest BCUT2D eigenvalue weighted by molar-refractivity contribution is 6.35. The predicted molar refractivity (Wildman–Crippen MR) is 95.1 cm³/mol. The molecule has 4 nitrogen and oxygen atoms in total. The number of nitrogens with zero attached hydrogens (tertiary/aromatic N) is 3. The number of allylic oxidation sites excluding steroid dienone is 4. The molecule has 25 heavy (non-hydrogen) atoms. The van der Waals surface area contributed by atoms with E-state index in [4.69, 9.17) is 28.9 Å². The molecule has 2 N–H and O–H groups in total. The Hall–Kier alpha value is -2.45. The molecule has 2 atom stereocenters. The fourth-order valence-corrected chi connectivity index (χ4v) is 4.50. The summed E-state index contributed by atoms with van der Waals surface area (Å²) >= 11 is 12.4. The second kappa shape index (κ2) is 6.45. The molecular weight excluding hydrogens is 355 g/mol. The van der Waals surface area contributed by atoms with E-state index >= 15 is 0 Å². The van der Waals surface area contributed by atoms with Gasteiger partial charge < -0.3 is 5.73 Å². The average Bonchev–Trinajstić information content (AvgIpc) is 2.62. The fourth-order valence-electron chi connectivity index (χ4n) is 3.97. The van der Waals surface area contributed by atoms with Crippen LogP contribution in [-0.4, -0.2) is 0 Å². The molecule has 2 aliphatic carbocycles. The molecule has 3 rings (SSSR count). The zero-order valence-corrected chi connectivity index (χ0v) is 14.8. The van der Waals surface area contributed by atoms with Crippen molar-refractivity contribution in [3.8, 4) is 18.2 Å². The summed E-state index contributed by atoms with van der Waals surface area (Å²) < 4.78 is 0. The average molecular weight is 369 g/mol. The summed E-state index contributed by atoms with van der Waals surface area (Å²) in [5.74, 6) is -0.704. The van der Waals surface area contributed by atoms with E-state index in [-0.39, 0.29) is 17.2 Å². The van der Waals surface area contributed by atoms with E-state index in [1.165, 1.54) is 0 Å². The zero-order valence-electron chi connectivity index (χ0n) is 13.3. The molecule has 2 aliphatic rings. The fraction of sp³-hybridized carbons (Fsp3) is 0.316. The standard InChI is InChI=1S/C19H14Cl2N4/c20-11-5-6-14(16(21)7-11)17-13-4-2-1-3-12(13)15(8-22)18(25)19(17,9-23)10-24/h3,5-7,13,17H,1-2,4,25H2/t13-,17-/m1/s1. The van der Waals surface area contributed by atoms with E-state index in [1.54, 1.807) is 18.2 Å². The molecule has 0 aliphatic heterocycles. The molecule has 0 radical (unpaired) electrons. The Kier molecular flexibility index (Phi) is 4.49. The van der Waals surface area contributed by atoms with Crippen molar-refractivity contribution < 1.29 is 0 Å². The summed E-state index contributed by atoms with van der Waals surface area (Å²) in [4.78, 5) is 0. The summed E-state index contributed by atoms with van der Waals surface area (Å²) in [5.41, 5.74) is 6.32. The van der Waals surface area contributed by atoms with Crippen LogP contribution in [0.5, 0.6) is 0 Å². The van der Waals surface area contributed by atoms with Crippen LogP contribution in [0.4, 0.5) is 0 Å². The lowest BCUT2D eigenvalue weighted by Gasteiger charge is -2.43. The van der Waals surface area contributed by atoms with Gasteiger partial charge in [-0.05, 0) is 48.4 Å². The molecule has 0 aromatic heterocycles. The number of halogens is 2. The Bertz CT molecular complexity index is 910. The second-order valence-corrected chi connectivity index (χ2v) is 7.12. The molecular formula is C19H14Cl2N4. The first kappa shape index (κ1) is 17.4. The third-order valence-corrected chi connectivity index (χ3v) is 5.66. The van der Waals surface area contributed by atoms with Crippen molar-refractivity contribution in [1.82, 2.24) is 0 Å². The first-order valence-corrected chi connectivity index (χ1v) is 8.64. The van der Waals surface area contributed by atoms with Crippen molar-refractivity contribution in [1.29, 1.82) is 15.8 Å². The molecule has 0 amide bonds. The number of hydrogen-bond donors (Lipinski definition) is 1. The molecule has 124 valence electrons. The van der Waals surface area contributed by atoms with E-state index in [0.717, 1.165) is 24.8 Å². The molecule has 0 saturated heterocycles. The van der Waals surface area contributed by atoms with Crippen LogP contribution in [0.3, 0.4) is 0 Å². The third kappa shape index (κ3) is 2.49. The topological polar surface area (TPSA) is 97.4 Å². The van der Waals surface area contributed by atoms with Crippen LogP contribution in [-0.2, 0) is 0 Å². The lowest BCUT2D eigenvalue weighted by Crippen LogP contribution is -2.42. The number of nitriles is 3. The van der Waals surface area contributed by atoms with Crippen molar-refractivity contribution in [2.24, 2.45) is 17.1 Å². The van der Waals surface area contributed by atoms with Gasteiger partial charge in [0.05, 0.1) is 23.4 Å². The van der Waals surface area contributed by atoms with Crippen molar-refractivity contribution in [2.75, 3.05) is 0 Å². The van der Waals surface area contributed by atoms with Crippen LogP contribution in [0, 0.1) is 45.3 Å². The highest BCUT2D eigenvalue weighted by Crippen LogP contribution is 2.56. The minimum Gasteiger partial charge on any atom is -0.399 e. The van der Waals surface area contributed by atoms with Crippen LogP contribution >= 0.6 is 23.2 Å². The van der Waals surface area contributed by atoms with Gasteiger partial charge in [-0.2, -0.15) is 15.8 Å². The van der Waals surface area contributed by atoms with Crippen molar-refractivity contribution in [2.45, 2.75) is 25.2 Å². The van der Waals surface area contributed by atoms with Crippen LogP contribution in [0.1, 0.15) is 30.7 Å². The first-order chi connectivity index (χ1) is 12.0. The Labute approximate surface area is 156 Å². The second-order valence-electron chi connectivity index (χ2n) is 6.27. The van der Waals surface area contributed by atoms with E-state index in [9.17, 15) is 15.8 Å². The van der Waals surface area contributed by atoms with Gasteiger partial charge in [-0.3, -0.25) is 0 Å². The van der Waals surface area contributed by atoms with Crippen molar-refractivity contribution in [3.63, 3.8) is 0 Å². The van der Waals surface area contributed by atoms with Crippen molar-refractivity contribution in [3.05, 3.63) is 56.7 Å². The monoisotopic (exact) mass is 368 g/mol. The molecule has 1 aromatic carbocycles. The van der Waals surface area contributed by atoms with E-state index in [1.807, 2.05) is 6.08 Å². The number of benzene rings is 1. The van der Waals surface area contributed by atoms with Gasteiger partial charge in [0.1, 0.15) is 6.07 Å². The summed E-state index contributed by atoms with van der Waals surface area (Å²) in [6.45, 7) is 0. The van der Waals surface area contributed by atoms with Gasteiger partial charge in [-0.15, -0.1) is 0 Å². The Balaban J connectivity index is 2.36. The third-order valence-electron chi connectivity index (χ3n) is 5.10. The van der Waals surface area contributed by atoms with E-state index in [2.05, 4.69) is 18.2 Å². The first-order valence-electron chi connectivity index (χ1n) is 7.88. The summed E-state index contributed by atoms with van der Waals surface area (Å²) in [6.07, 6.45) is 4.52. The van der Waals surface area contributed by atoms with Crippen LogP contribution in [0.15, 0.2) is 41.1 Å². The lowest BCUT2D eigenvalue weighted by molar-refractivity contribution is 0.317. The Morgan fingerprint density at radius 3 is 2.48 bits per heavy atom. The van der Waals surface area contributed by atoms with Crippen LogP contribution in [0.25, 0.3) is 0 Å². The summed E-state index contributed by atoms with van der Waals surface area (Å²) in [7, 11) is 0. The molecule has 0 spiro atoms. The Morgan fingerprint density at radius 2 is 1.88 bits per heavy atom. The van der Waals surface area contributed by atoms with Crippen LogP contribution < -0.4 is 5.73 Å². The largest absolute Gasteiger partial charge is 0.399 e. The summed E-state index contributed by atoms with van der Waals surface area (Å²) in [6, 6.07) is 11.3. The number of fused-ring (bicyclic) bond motifs is 1. The van der Waals surface area contributed by atoms with Gasteiger partial charge in [-0.1, -0.05) is 35.3 Å². The van der Waals surface area contributed by atoms with Gasteiger partial charge in [0.15, 0.2) is 5.41 Å². The SMILES string of the molecule is N#CC1=C(N)C(C#N)(C#N)[C@@H](c2ccc(Cl)cc2Cl)[C@@H]2CCCC=C12. The number of hydrogen-bond acceptors (Lipinski definition) is 4.